The quantitative estimate of drug-likeness (QED) is 0.486. The maximum atomic E-state index is 5.01. The van der Waals surface area contributed by atoms with Gasteiger partial charge in [-0.3, -0.25) is 0 Å². The van der Waals surface area contributed by atoms with Gasteiger partial charge in [0.05, 0.1) is 0 Å². The molecule has 0 bridgehead atoms. The van der Waals surface area contributed by atoms with E-state index in [-0.39, 0.29) is 0 Å². The standard InChI is InChI=1S/C16H22O/c1-3-15(11-9-6-10-14-17-2)16-12-7-4-5-8-13-16/h4-7,9,11-13H,3,8,10,14H2,1-2H3/b9-6-,15-11+. The highest BCUT2D eigenvalue weighted by Gasteiger charge is 1.98. The molecule has 1 aliphatic rings. The lowest BCUT2D eigenvalue weighted by Crippen LogP contribution is -1.85. The maximum Gasteiger partial charge on any atom is 0.0496 e. The van der Waals surface area contributed by atoms with E-state index in [0.29, 0.717) is 0 Å². The average Bonchev–Trinajstić information content (AvgIpc) is 2.63. The second-order valence-electron chi connectivity index (χ2n) is 3.94. The molecule has 0 saturated heterocycles. The normalized spacial score (nSPS) is 16.4. The maximum absolute atomic E-state index is 5.01. The highest BCUT2D eigenvalue weighted by atomic mass is 16.5. The molecule has 0 fully saturated rings. The topological polar surface area (TPSA) is 9.23 Å². The fraction of sp³-hybridized carbons (Fsp3) is 0.375. The molecule has 0 saturated carbocycles. The molecule has 17 heavy (non-hydrogen) atoms. The van der Waals surface area contributed by atoms with Gasteiger partial charge in [0.1, 0.15) is 0 Å². The zero-order valence-corrected chi connectivity index (χ0v) is 10.9. The Morgan fingerprint density at radius 3 is 3.06 bits per heavy atom. The van der Waals surface area contributed by atoms with Crippen molar-refractivity contribution < 1.29 is 4.74 Å². The second kappa shape index (κ2) is 8.77. The van der Waals surface area contributed by atoms with E-state index in [2.05, 4.69) is 55.5 Å². The van der Waals surface area contributed by atoms with Crippen molar-refractivity contribution in [3.05, 3.63) is 59.8 Å². The van der Waals surface area contributed by atoms with Crippen LogP contribution in [0.25, 0.3) is 0 Å². The Morgan fingerprint density at radius 2 is 2.29 bits per heavy atom. The molecule has 0 N–H and O–H groups in total. The lowest BCUT2D eigenvalue weighted by atomic mass is 10.0. The van der Waals surface area contributed by atoms with Crippen molar-refractivity contribution in [3.63, 3.8) is 0 Å². The summed E-state index contributed by atoms with van der Waals surface area (Å²) in [6.45, 7) is 2.99. The summed E-state index contributed by atoms with van der Waals surface area (Å²) in [5.41, 5.74) is 2.73. The molecule has 0 unspecified atom stereocenters. The van der Waals surface area contributed by atoms with Crippen molar-refractivity contribution in [2.75, 3.05) is 13.7 Å². The zero-order valence-electron chi connectivity index (χ0n) is 10.9. The van der Waals surface area contributed by atoms with Crippen LogP contribution >= 0.6 is 0 Å². The van der Waals surface area contributed by atoms with Crippen molar-refractivity contribution in [2.24, 2.45) is 0 Å². The van der Waals surface area contributed by atoms with E-state index in [1.165, 1.54) is 11.1 Å². The van der Waals surface area contributed by atoms with Crippen LogP contribution < -0.4 is 0 Å². The van der Waals surface area contributed by atoms with E-state index in [4.69, 9.17) is 4.74 Å². The van der Waals surface area contributed by atoms with Crippen molar-refractivity contribution in [2.45, 2.75) is 26.2 Å². The van der Waals surface area contributed by atoms with Crippen molar-refractivity contribution >= 4 is 0 Å². The zero-order chi connectivity index (χ0) is 12.3. The minimum absolute atomic E-state index is 0.790. The van der Waals surface area contributed by atoms with Gasteiger partial charge in [-0.05, 0) is 30.4 Å². The summed E-state index contributed by atoms with van der Waals surface area (Å²) in [4.78, 5) is 0. The van der Waals surface area contributed by atoms with Crippen LogP contribution in [0.2, 0.25) is 0 Å². The first-order valence-electron chi connectivity index (χ1n) is 6.27. The fourth-order valence-corrected chi connectivity index (χ4v) is 1.70. The predicted molar refractivity (Wildman–Crippen MR) is 75.0 cm³/mol. The highest BCUT2D eigenvalue weighted by Crippen LogP contribution is 2.18. The minimum Gasteiger partial charge on any atom is -0.384 e. The number of ether oxygens (including phenoxy) is 1. The van der Waals surface area contributed by atoms with Gasteiger partial charge in [0.15, 0.2) is 0 Å². The summed E-state index contributed by atoms with van der Waals surface area (Å²) < 4.78 is 5.01. The summed E-state index contributed by atoms with van der Waals surface area (Å²) in [5, 5.41) is 0. The number of rotatable bonds is 6. The Hall–Kier alpha value is -1.34. The fourth-order valence-electron chi connectivity index (χ4n) is 1.70. The van der Waals surface area contributed by atoms with Crippen LogP contribution in [-0.2, 0) is 4.74 Å². The summed E-state index contributed by atoms with van der Waals surface area (Å²) in [6.07, 6.45) is 20.4. The summed E-state index contributed by atoms with van der Waals surface area (Å²) in [7, 11) is 1.73. The van der Waals surface area contributed by atoms with Crippen LogP contribution in [0.5, 0.6) is 0 Å². The van der Waals surface area contributed by atoms with Gasteiger partial charge in [0.25, 0.3) is 0 Å². The number of hydrogen-bond donors (Lipinski definition) is 0. The summed E-state index contributed by atoms with van der Waals surface area (Å²) in [5.74, 6) is 0. The molecule has 1 aliphatic carbocycles. The van der Waals surface area contributed by atoms with Crippen LogP contribution in [0.4, 0.5) is 0 Å². The monoisotopic (exact) mass is 230 g/mol. The van der Waals surface area contributed by atoms with Crippen molar-refractivity contribution in [1.82, 2.24) is 0 Å². The Bertz CT molecular complexity index is 354. The largest absolute Gasteiger partial charge is 0.384 e. The highest BCUT2D eigenvalue weighted by molar-refractivity contribution is 5.43. The molecule has 0 spiro atoms. The lowest BCUT2D eigenvalue weighted by molar-refractivity contribution is 0.204. The Labute approximate surface area is 105 Å². The third-order valence-electron chi connectivity index (χ3n) is 2.67. The van der Waals surface area contributed by atoms with E-state index >= 15 is 0 Å². The average molecular weight is 230 g/mol. The third kappa shape index (κ3) is 5.50. The molecular weight excluding hydrogens is 208 g/mol. The Balaban J connectivity index is 2.61. The second-order valence-corrected chi connectivity index (χ2v) is 3.94. The SMILES string of the molecule is CC/C(=C\C=C/CCOC)C1=CCC=CC=C1. The van der Waals surface area contributed by atoms with Gasteiger partial charge in [-0.2, -0.15) is 0 Å². The molecule has 0 heterocycles. The molecule has 0 aromatic carbocycles. The molecule has 1 rings (SSSR count). The number of allylic oxidation sites excluding steroid dienone is 9. The van der Waals surface area contributed by atoms with Gasteiger partial charge in [0, 0.05) is 13.7 Å². The van der Waals surface area contributed by atoms with Crippen molar-refractivity contribution in [3.8, 4) is 0 Å². The molecule has 0 aromatic rings. The van der Waals surface area contributed by atoms with E-state index in [1.807, 2.05) is 0 Å². The van der Waals surface area contributed by atoms with Gasteiger partial charge in [-0.25, -0.2) is 0 Å². The van der Waals surface area contributed by atoms with Crippen molar-refractivity contribution in [1.29, 1.82) is 0 Å². The smallest absolute Gasteiger partial charge is 0.0496 e. The molecule has 0 atom stereocenters. The van der Waals surface area contributed by atoms with E-state index < -0.39 is 0 Å². The number of methoxy groups -OCH3 is 1. The van der Waals surface area contributed by atoms with E-state index in [9.17, 15) is 0 Å². The molecule has 0 aliphatic heterocycles. The van der Waals surface area contributed by atoms with Gasteiger partial charge in [-0.15, -0.1) is 0 Å². The molecular formula is C16H22O. The minimum atomic E-state index is 0.790. The van der Waals surface area contributed by atoms with Gasteiger partial charge >= 0.3 is 0 Å². The van der Waals surface area contributed by atoms with Crippen LogP contribution in [0.15, 0.2) is 59.8 Å². The predicted octanol–water partition coefficient (Wildman–Crippen LogP) is 4.36. The number of hydrogen-bond acceptors (Lipinski definition) is 1. The molecule has 92 valence electrons. The van der Waals surface area contributed by atoms with E-state index in [1.54, 1.807) is 7.11 Å². The van der Waals surface area contributed by atoms with Crippen LogP contribution in [0.3, 0.4) is 0 Å². The summed E-state index contributed by atoms with van der Waals surface area (Å²) in [6, 6.07) is 0. The molecule has 0 aromatic heterocycles. The Morgan fingerprint density at radius 1 is 1.41 bits per heavy atom. The van der Waals surface area contributed by atoms with Crippen LogP contribution in [0, 0.1) is 0 Å². The van der Waals surface area contributed by atoms with Crippen LogP contribution in [-0.4, -0.2) is 13.7 Å². The van der Waals surface area contributed by atoms with Crippen LogP contribution in [0.1, 0.15) is 26.2 Å². The molecule has 1 heteroatoms. The summed E-state index contributed by atoms with van der Waals surface area (Å²) >= 11 is 0. The Kier molecular flexibility index (Phi) is 7.08. The molecule has 0 radical (unpaired) electrons. The van der Waals surface area contributed by atoms with E-state index in [0.717, 1.165) is 25.9 Å². The first-order valence-corrected chi connectivity index (χ1v) is 6.27. The van der Waals surface area contributed by atoms with Gasteiger partial charge in [-0.1, -0.05) is 55.5 Å². The van der Waals surface area contributed by atoms with Gasteiger partial charge in [0.2, 0.25) is 0 Å². The third-order valence-corrected chi connectivity index (χ3v) is 2.67. The lowest BCUT2D eigenvalue weighted by Gasteiger charge is -2.04. The molecule has 1 nitrogen and oxygen atoms in total. The van der Waals surface area contributed by atoms with Gasteiger partial charge < -0.3 is 4.74 Å². The molecule has 0 amide bonds. The first kappa shape index (κ1) is 13.7. The first-order chi connectivity index (χ1) is 8.38.